The molecule has 0 aliphatic rings. The van der Waals surface area contributed by atoms with E-state index in [0.29, 0.717) is 16.9 Å². The summed E-state index contributed by atoms with van der Waals surface area (Å²) in [5.41, 5.74) is 0.688. The van der Waals surface area contributed by atoms with E-state index in [4.69, 9.17) is 16.3 Å². The van der Waals surface area contributed by atoms with Gasteiger partial charge in [0.05, 0.1) is 5.56 Å². The van der Waals surface area contributed by atoms with E-state index in [0.717, 1.165) is 6.07 Å². The Hall–Kier alpha value is -2.35. The van der Waals surface area contributed by atoms with Crippen LogP contribution in [0.15, 0.2) is 42.5 Å². The molecule has 22 heavy (non-hydrogen) atoms. The zero-order valence-electron chi connectivity index (χ0n) is 11.4. The molecule has 0 aromatic heterocycles. The number of ether oxygens (including phenoxy) is 1. The molecule has 112 valence electrons. The Kier molecular flexibility index (Phi) is 5.54. The van der Waals surface area contributed by atoms with Crippen molar-refractivity contribution in [1.82, 2.24) is 0 Å². The van der Waals surface area contributed by atoms with E-state index in [1.165, 1.54) is 12.1 Å². The Labute approximate surface area is 132 Å². The van der Waals surface area contributed by atoms with E-state index < -0.39 is 11.9 Å². The summed E-state index contributed by atoms with van der Waals surface area (Å²) in [5.74, 6) is 4.97. The molecule has 0 radical (unpaired) electrons. The first-order valence-corrected chi connectivity index (χ1v) is 6.77. The molecule has 1 N–H and O–H groups in total. The normalized spacial score (nSPS) is 11.2. The van der Waals surface area contributed by atoms with Gasteiger partial charge in [0.15, 0.2) is 6.29 Å². The van der Waals surface area contributed by atoms with Crippen LogP contribution in [0, 0.1) is 17.7 Å². The maximum Gasteiger partial charge on any atom is 0.153 e. The summed E-state index contributed by atoms with van der Waals surface area (Å²) in [7, 11) is 0. The van der Waals surface area contributed by atoms with Gasteiger partial charge in [-0.3, -0.25) is 4.79 Å². The van der Waals surface area contributed by atoms with Gasteiger partial charge in [0, 0.05) is 5.02 Å². The summed E-state index contributed by atoms with van der Waals surface area (Å²) in [6, 6.07) is 10.4. The molecule has 2 aromatic carbocycles. The third-order valence-corrected chi connectivity index (χ3v) is 3.04. The van der Waals surface area contributed by atoms with Crippen LogP contribution in [0.2, 0.25) is 5.02 Å². The highest BCUT2D eigenvalue weighted by molar-refractivity contribution is 6.30. The SMILES string of the molecule is O=Cc1cc(F)ccc1OCC#CC(O)c1cccc(Cl)c1. The van der Waals surface area contributed by atoms with Gasteiger partial charge in [-0.25, -0.2) is 4.39 Å². The van der Waals surface area contributed by atoms with Gasteiger partial charge in [0.1, 0.15) is 24.3 Å². The van der Waals surface area contributed by atoms with Crippen LogP contribution < -0.4 is 4.74 Å². The zero-order valence-corrected chi connectivity index (χ0v) is 12.2. The zero-order chi connectivity index (χ0) is 15.9. The topological polar surface area (TPSA) is 46.5 Å². The molecule has 0 heterocycles. The number of halogens is 2. The van der Waals surface area contributed by atoms with Gasteiger partial charge in [0.2, 0.25) is 0 Å². The standard InChI is InChI=1S/C17H12ClFO3/c18-14-4-1-3-12(9-14)16(21)5-2-8-22-17-7-6-15(19)10-13(17)11-20/h1,3-4,6-7,9-11,16,21H,8H2. The minimum atomic E-state index is -0.985. The van der Waals surface area contributed by atoms with Crippen LogP contribution in [-0.4, -0.2) is 18.0 Å². The van der Waals surface area contributed by atoms with Crippen LogP contribution in [0.5, 0.6) is 5.75 Å². The number of aldehydes is 1. The molecule has 0 saturated heterocycles. The van der Waals surface area contributed by atoms with Gasteiger partial charge in [-0.1, -0.05) is 35.6 Å². The molecule has 0 saturated carbocycles. The second-order valence-electron chi connectivity index (χ2n) is 4.37. The third-order valence-electron chi connectivity index (χ3n) is 2.80. The average Bonchev–Trinajstić information content (AvgIpc) is 2.52. The maximum atomic E-state index is 13.0. The maximum absolute atomic E-state index is 13.0. The number of carbonyl (C=O) groups excluding carboxylic acids is 1. The van der Waals surface area contributed by atoms with E-state index in [9.17, 15) is 14.3 Å². The molecule has 1 atom stereocenters. The van der Waals surface area contributed by atoms with Gasteiger partial charge in [-0.05, 0) is 35.9 Å². The van der Waals surface area contributed by atoms with E-state index in [1.807, 2.05) is 0 Å². The van der Waals surface area contributed by atoms with Crippen molar-refractivity contribution >= 4 is 17.9 Å². The van der Waals surface area contributed by atoms with Gasteiger partial charge < -0.3 is 9.84 Å². The second kappa shape index (κ2) is 7.60. The summed E-state index contributed by atoms with van der Waals surface area (Å²) < 4.78 is 18.2. The first kappa shape index (κ1) is 16.0. The van der Waals surface area contributed by atoms with Crippen molar-refractivity contribution in [2.75, 3.05) is 6.61 Å². The van der Waals surface area contributed by atoms with Crippen LogP contribution in [-0.2, 0) is 0 Å². The highest BCUT2D eigenvalue weighted by Crippen LogP contribution is 2.18. The van der Waals surface area contributed by atoms with Crippen molar-refractivity contribution < 1.29 is 19.0 Å². The number of rotatable bonds is 4. The number of aliphatic hydroxyl groups is 1. The van der Waals surface area contributed by atoms with Crippen LogP contribution in [0.4, 0.5) is 4.39 Å². The fraction of sp³-hybridized carbons (Fsp3) is 0.118. The van der Waals surface area contributed by atoms with E-state index in [-0.39, 0.29) is 17.9 Å². The lowest BCUT2D eigenvalue weighted by Crippen LogP contribution is -1.99. The van der Waals surface area contributed by atoms with Crippen LogP contribution >= 0.6 is 11.6 Å². The molecule has 3 nitrogen and oxygen atoms in total. The monoisotopic (exact) mass is 318 g/mol. The minimum Gasteiger partial charge on any atom is -0.480 e. The molecule has 2 aromatic rings. The lowest BCUT2D eigenvalue weighted by Gasteiger charge is -2.05. The summed E-state index contributed by atoms with van der Waals surface area (Å²) in [6.07, 6.45) is -0.479. The molecule has 0 amide bonds. The Morgan fingerprint density at radius 3 is 2.86 bits per heavy atom. The molecule has 0 fully saturated rings. The molecule has 0 spiro atoms. The number of aliphatic hydroxyl groups excluding tert-OH is 1. The Morgan fingerprint density at radius 1 is 1.32 bits per heavy atom. The van der Waals surface area contributed by atoms with Crippen molar-refractivity contribution in [3.8, 4) is 17.6 Å². The lowest BCUT2D eigenvalue weighted by atomic mass is 10.1. The van der Waals surface area contributed by atoms with Crippen molar-refractivity contribution in [2.45, 2.75) is 6.10 Å². The Balaban J connectivity index is 1.98. The van der Waals surface area contributed by atoms with Crippen molar-refractivity contribution in [1.29, 1.82) is 0 Å². The highest BCUT2D eigenvalue weighted by atomic mass is 35.5. The van der Waals surface area contributed by atoms with Crippen molar-refractivity contribution in [3.05, 3.63) is 64.4 Å². The number of benzene rings is 2. The van der Waals surface area contributed by atoms with E-state index in [2.05, 4.69) is 11.8 Å². The highest BCUT2D eigenvalue weighted by Gasteiger charge is 2.05. The molecule has 0 aliphatic heterocycles. The molecule has 2 rings (SSSR count). The smallest absolute Gasteiger partial charge is 0.153 e. The molecule has 5 heteroatoms. The third kappa shape index (κ3) is 4.32. The van der Waals surface area contributed by atoms with Gasteiger partial charge in [0.25, 0.3) is 0 Å². The van der Waals surface area contributed by atoms with Gasteiger partial charge in [-0.15, -0.1) is 0 Å². The first-order valence-electron chi connectivity index (χ1n) is 6.39. The molecule has 0 aliphatic carbocycles. The van der Waals surface area contributed by atoms with Crippen molar-refractivity contribution in [3.63, 3.8) is 0 Å². The largest absolute Gasteiger partial charge is 0.480 e. The average molecular weight is 319 g/mol. The van der Waals surface area contributed by atoms with Crippen LogP contribution in [0.1, 0.15) is 22.0 Å². The summed E-state index contributed by atoms with van der Waals surface area (Å²) in [6.45, 7) is -0.0376. The van der Waals surface area contributed by atoms with Crippen LogP contribution in [0.25, 0.3) is 0 Å². The summed E-state index contributed by atoms with van der Waals surface area (Å²) in [4.78, 5) is 10.8. The minimum absolute atomic E-state index is 0.0376. The van der Waals surface area contributed by atoms with E-state index >= 15 is 0 Å². The molecule has 0 bridgehead atoms. The van der Waals surface area contributed by atoms with E-state index in [1.54, 1.807) is 24.3 Å². The predicted octanol–water partition coefficient (Wildman–Crippen LogP) is 3.41. The molecule has 1 unspecified atom stereocenters. The van der Waals surface area contributed by atoms with Crippen molar-refractivity contribution in [2.24, 2.45) is 0 Å². The van der Waals surface area contributed by atoms with Crippen LogP contribution in [0.3, 0.4) is 0 Å². The number of hydrogen-bond donors (Lipinski definition) is 1. The Bertz CT molecular complexity index is 734. The quantitative estimate of drug-likeness (QED) is 0.694. The lowest BCUT2D eigenvalue weighted by molar-refractivity contribution is 0.111. The Morgan fingerprint density at radius 2 is 2.14 bits per heavy atom. The second-order valence-corrected chi connectivity index (χ2v) is 4.80. The number of hydrogen-bond acceptors (Lipinski definition) is 3. The first-order chi connectivity index (χ1) is 10.6. The summed E-state index contributed by atoms with van der Waals surface area (Å²) in [5, 5.41) is 10.4. The fourth-order valence-electron chi connectivity index (χ4n) is 1.76. The fourth-order valence-corrected chi connectivity index (χ4v) is 1.95. The molecular formula is C17H12ClFO3. The summed E-state index contributed by atoms with van der Waals surface area (Å²) >= 11 is 5.83. The van der Waals surface area contributed by atoms with Gasteiger partial charge in [-0.2, -0.15) is 0 Å². The predicted molar refractivity (Wildman–Crippen MR) is 81.5 cm³/mol. The molecular weight excluding hydrogens is 307 g/mol. The number of carbonyl (C=O) groups is 1. The van der Waals surface area contributed by atoms with Gasteiger partial charge >= 0.3 is 0 Å².